The molecule has 0 radical (unpaired) electrons. The number of nitrogens with two attached hydrogens (primary N) is 2. The number of aliphatic carboxylic acids is 1. The summed E-state index contributed by atoms with van der Waals surface area (Å²) in [5.41, 5.74) is 12.9. The van der Waals surface area contributed by atoms with Crippen molar-refractivity contribution in [3.63, 3.8) is 0 Å². The number of imide groups is 1. The topological polar surface area (TPSA) is 230 Å². The summed E-state index contributed by atoms with van der Waals surface area (Å²) in [6.45, 7) is 4.43. The van der Waals surface area contributed by atoms with Gasteiger partial charge in [0.05, 0.1) is 17.3 Å². The van der Waals surface area contributed by atoms with Crippen molar-refractivity contribution < 1.29 is 47.8 Å². The Hall–Kier alpha value is -5.17. The molecule has 0 saturated carbocycles. The second kappa shape index (κ2) is 19.8. The van der Waals surface area contributed by atoms with Crippen LogP contribution in [0.2, 0.25) is 0 Å². The van der Waals surface area contributed by atoms with Gasteiger partial charge in [0.25, 0.3) is 0 Å². The van der Waals surface area contributed by atoms with Crippen LogP contribution in [-0.2, 0) is 35.3 Å². The Morgan fingerprint density at radius 2 is 1.68 bits per heavy atom. The SMILES string of the molecule is CC(C)(C)C(c1cc(-c2cc(F)ccc2F)cn1Cc1ccccc1)N(CCC(N)C(=O)NCCNC(=O)CN1C(=O)CC(SC[C@H](N)C(=O)O)C1=O)C(=O)CO. The number of thioether (sulfide) groups is 1. The molecule has 2 aromatic carbocycles. The zero-order valence-corrected chi connectivity index (χ0v) is 32.8. The van der Waals surface area contributed by atoms with E-state index < -0.39 is 89.1 Å². The highest BCUT2D eigenvalue weighted by atomic mass is 32.2. The molecule has 308 valence electrons. The number of hydrogen-bond donors (Lipinski definition) is 6. The number of benzene rings is 2. The van der Waals surface area contributed by atoms with Crippen LogP contribution in [0, 0.1) is 17.0 Å². The zero-order chi connectivity index (χ0) is 42.0. The van der Waals surface area contributed by atoms with Gasteiger partial charge in [0, 0.05) is 61.4 Å². The van der Waals surface area contributed by atoms with Gasteiger partial charge in [0.2, 0.25) is 29.5 Å². The van der Waals surface area contributed by atoms with E-state index in [1.54, 1.807) is 12.3 Å². The number of carbonyl (C=O) groups excluding carboxylic acids is 5. The summed E-state index contributed by atoms with van der Waals surface area (Å²) < 4.78 is 31.2. The zero-order valence-electron chi connectivity index (χ0n) is 32.0. The third-order valence-electron chi connectivity index (χ3n) is 9.30. The summed E-state index contributed by atoms with van der Waals surface area (Å²) in [6.07, 6.45) is 1.47. The molecule has 0 bridgehead atoms. The Bertz CT molecular complexity index is 1940. The molecular formula is C39H49F2N7O8S. The van der Waals surface area contributed by atoms with Crippen LogP contribution < -0.4 is 22.1 Å². The van der Waals surface area contributed by atoms with Gasteiger partial charge in [-0.05, 0) is 41.7 Å². The number of amides is 5. The molecule has 0 spiro atoms. The van der Waals surface area contributed by atoms with E-state index in [1.807, 2.05) is 55.7 Å². The minimum absolute atomic E-state index is 0.0307. The number of carboxylic acids is 1. The molecule has 8 N–H and O–H groups in total. The van der Waals surface area contributed by atoms with Gasteiger partial charge in [0.1, 0.15) is 30.8 Å². The van der Waals surface area contributed by atoms with Gasteiger partial charge in [0.15, 0.2) is 0 Å². The van der Waals surface area contributed by atoms with Gasteiger partial charge in [-0.15, -0.1) is 11.8 Å². The minimum Gasteiger partial charge on any atom is -0.480 e. The number of rotatable bonds is 19. The second-order valence-electron chi connectivity index (χ2n) is 14.7. The van der Waals surface area contributed by atoms with Crippen molar-refractivity contribution in [3.8, 4) is 11.1 Å². The largest absolute Gasteiger partial charge is 0.480 e. The molecule has 1 aliphatic rings. The average Bonchev–Trinajstić information content (AvgIpc) is 3.68. The monoisotopic (exact) mass is 813 g/mol. The van der Waals surface area contributed by atoms with Crippen molar-refractivity contribution in [2.75, 3.05) is 38.5 Å². The molecule has 1 aromatic heterocycles. The fourth-order valence-electron chi connectivity index (χ4n) is 6.47. The highest BCUT2D eigenvalue weighted by Crippen LogP contribution is 2.41. The van der Waals surface area contributed by atoms with E-state index in [1.165, 1.54) is 4.90 Å². The number of carboxylic acid groups (broad SMARTS) is 1. The predicted octanol–water partition coefficient (Wildman–Crippen LogP) is 1.61. The first kappa shape index (κ1) is 44.5. The number of aliphatic hydroxyl groups is 1. The van der Waals surface area contributed by atoms with Crippen LogP contribution in [0.15, 0.2) is 60.8 Å². The molecule has 5 amide bonds. The van der Waals surface area contributed by atoms with Crippen molar-refractivity contribution in [1.82, 2.24) is 25.0 Å². The molecule has 3 unspecified atom stereocenters. The lowest BCUT2D eigenvalue weighted by Crippen LogP contribution is -2.48. The van der Waals surface area contributed by atoms with E-state index in [9.17, 15) is 38.3 Å². The van der Waals surface area contributed by atoms with Crippen LogP contribution in [-0.4, -0.2) is 116 Å². The van der Waals surface area contributed by atoms with Crippen LogP contribution in [0.5, 0.6) is 0 Å². The number of nitrogens with zero attached hydrogens (tertiary/aromatic N) is 3. The molecule has 2 heterocycles. The molecule has 4 rings (SSSR count). The number of aliphatic hydroxyl groups excluding tert-OH is 1. The van der Waals surface area contributed by atoms with E-state index in [4.69, 9.17) is 16.6 Å². The first-order valence-corrected chi connectivity index (χ1v) is 19.3. The molecule has 57 heavy (non-hydrogen) atoms. The van der Waals surface area contributed by atoms with Gasteiger partial charge < -0.3 is 41.8 Å². The molecule has 1 saturated heterocycles. The average molecular weight is 814 g/mol. The van der Waals surface area contributed by atoms with Crippen LogP contribution in [0.25, 0.3) is 11.1 Å². The van der Waals surface area contributed by atoms with Crippen molar-refractivity contribution in [2.45, 2.75) is 63.5 Å². The number of hydrogen-bond acceptors (Lipinski definition) is 10. The highest BCUT2D eigenvalue weighted by molar-refractivity contribution is 8.00. The van der Waals surface area contributed by atoms with Gasteiger partial charge in [-0.25, -0.2) is 8.78 Å². The molecule has 4 atom stereocenters. The molecule has 1 aliphatic heterocycles. The third-order valence-corrected chi connectivity index (χ3v) is 10.6. The molecule has 18 heteroatoms. The Kier molecular flexibility index (Phi) is 15.5. The lowest BCUT2D eigenvalue weighted by Gasteiger charge is -2.41. The summed E-state index contributed by atoms with van der Waals surface area (Å²) in [7, 11) is 0. The quantitative estimate of drug-likeness (QED) is 0.0753. The molecule has 15 nitrogen and oxygen atoms in total. The maximum atomic E-state index is 15.0. The van der Waals surface area contributed by atoms with Gasteiger partial charge in [-0.3, -0.25) is 33.7 Å². The second-order valence-corrected chi connectivity index (χ2v) is 16.0. The maximum Gasteiger partial charge on any atom is 0.321 e. The molecule has 0 aliphatic carbocycles. The van der Waals surface area contributed by atoms with Crippen molar-refractivity contribution in [3.05, 3.63) is 83.7 Å². The number of likely N-dealkylation sites (tertiary alicyclic amines) is 1. The van der Waals surface area contributed by atoms with Gasteiger partial charge in [-0.2, -0.15) is 0 Å². The summed E-state index contributed by atoms with van der Waals surface area (Å²) in [5, 5.41) is 23.3. The first-order valence-electron chi connectivity index (χ1n) is 18.2. The first-order chi connectivity index (χ1) is 26.9. The smallest absolute Gasteiger partial charge is 0.321 e. The van der Waals surface area contributed by atoms with Gasteiger partial charge in [-0.1, -0.05) is 51.1 Å². The Morgan fingerprint density at radius 1 is 1.00 bits per heavy atom. The van der Waals surface area contributed by atoms with E-state index in [0.717, 1.165) is 40.4 Å². The lowest BCUT2D eigenvalue weighted by atomic mass is 9.82. The summed E-state index contributed by atoms with van der Waals surface area (Å²) in [4.78, 5) is 77.1. The van der Waals surface area contributed by atoms with Crippen LogP contribution >= 0.6 is 11.8 Å². The van der Waals surface area contributed by atoms with Crippen LogP contribution in [0.4, 0.5) is 8.78 Å². The Morgan fingerprint density at radius 3 is 2.33 bits per heavy atom. The van der Waals surface area contributed by atoms with Crippen molar-refractivity contribution in [2.24, 2.45) is 16.9 Å². The number of aromatic nitrogens is 1. The minimum atomic E-state index is -1.24. The van der Waals surface area contributed by atoms with E-state index >= 15 is 4.39 Å². The predicted molar refractivity (Wildman–Crippen MR) is 208 cm³/mol. The van der Waals surface area contributed by atoms with E-state index in [-0.39, 0.29) is 43.8 Å². The molecule has 1 fully saturated rings. The fraction of sp³-hybridized carbons (Fsp3) is 0.436. The van der Waals surface area contributed by atoms with Gasteiger partial charge >= 0.3 is 5.97 Å². The normalized spacial score (nSPS) is 15.9. The number of carbonyl (C=O) groups is 6. The van der Waals surface area contributed by atoms with Crippen molar-refractivity contribution >= 4 is 47.3 Å². The third kappa shape index (κ3) is 11.9. The molecule has 3 aromatic rings. The lowest BCUT2D eigenvalue weighted by molar-refractivity contribution is -0.142. The molecular weight excluding hydrogens is 765 g/mol. The fourth-order valence-corrected chi connectivity index (χ4v) is 7.58. The summed E-state index contributed by atoms with van der Waals surface area (Å²) in [6, 6.07) is 11.2. The Balaban J connectivity index is 1.40. The summed E-state index contributed by atoms with van der Waals surface area (Å²) >= 11 is 0.934. The van der Waals surface area contributed by atoms with Crippen molar-refractivity contribution in [1.29, 1.82) is 0 Å². The van der Waals surface area contributed by atoms with E-state index in [2.05, 4.69) is 10.6 Å². The number of halogens is 2. The Labute approximate surface area is 333 Å². The maximum absolute atomic E-state index is 15.0. The van der Waals surface area contributed by atoms with E-state index in [0.29, 0.717) is 17.8 Å². The number of nitrogens with one attached hydrogen (secondary N) is 2. The summed E-state index contributed by atoms with van der Waals surface area (Å²) in [5.74, 6) is -5.66. The van der Waals surface area contributed by atoms with Crippen LogP contribution in [0.1, 0.15) is 50.9 Å². The van der Waals surface area contributed by atoms with Crippen LogP contribution in [0.3, 0.4) is 0 Å². The highest BCUT2D eigenvalue weighted by Gasteiger charge is 2.40. The standard InChI is InChI=1S/C39H49F2N7O8S/c1-39(2,3)35(30-15-24(26-16-25(40)9-10-27(26)41)19-46(30)18-23-7-5-4-6-8-23)47(34(52)21-49)14-11-28(42)36(53)45-13-12-44-32(50)20-48-33(51)17-31(37(48)54)57-22-29(43)38(55)56/h4-10,15-16,19,28-29,31,35,49H,11-14,17-18,20-22,42-43H2,1-3H3,(H,44,50)(H,45,53)(H,55,56)/t28?,29-,31?,35?/m0/s1.